The van der Waals surface area contributed by atoms with Gasteiger partial charge in [-0.05, 0) is 12.5 Å². The Kier molecular flexibility index (Phi) is 7.55. The van der Waals surface area contributed by atoms with E-state index in [1.165, 1.54) is 0 Å². The van der Waals surface area contributed by atoms with Crippen LogP contribution in [0.1, 0.15) is 25.6 Å². The van der Waals surface area contributed by atoms with Gasteiger partial charge < -0.3 is 19.3 Å². The first-order valence-electron chi connectivity index (χ1n) is 6.31. The number of nitrogens with one attached hydrogen (secondary N) is 1. The smallest absolute Gasteiger partial charge is 0.240 e. The number of hydrogen-bond donors (Lipinski definition) is 1. The van der Waals surface area contributed by atoms with Crippen LogP contribution in [0.5, 0.6) is 0 Å². The van der Waals surface area contributed by atoms with E-state index < -0.39 is 0 Å². The average molecular weight is 257 g/mol. The average Bonchev–Trinajstić information content (AvgIpc) is 2.76. The van der Waals surface area contributed by atoms with Crippen molar-refractivity contribution in [3.8, 4) is 0 Å². The first kappa shape index (κ1) is 15.1. The van der Waals surface area contributed by atoms with Gasteiger partial charge in [-0.1, -0.05) is 19.0 Å². The van der Waals surface area contributed by atoms with Crippen LogP contribution in [0.3, 0.4) is 0 Å². The molecule has 0 bridgehead atoms. The molecule has 0 saturated carbocycles. The quantitative estimate of drug-likeness (QED) is 0.631. The van der Waals surface area contributed by atoms with Crippen LogP contribution in [0.4, 0.5) is 0 Å². The second kappa shape index (κ2) is 9.02. The van der Waals surface area contributed by atoms with Crippen LogP contribution in [0.25, 0.3) is 0 Å². The molecule has 0 aromatic carbocycles. The van der Waals surface area contributed by atoms with Crippen molar-refractivity contribution in [3.63, 3.8) is 0 Å². The Morgan fingerprint density at radius 2 is 2.11 bits per heavy atom. The highest BCUT2D eigenvalue weighted by atomic mass is 16.5. The lowest BCUT2D eigenvalue weighted by atomic mass is 10.2. The van der Waals surface area contributed by atoms with E-state index in [-0.39, 0.29) is 0 Å². The lowest BCUT2D eigenvalue weighted by molar-refractivity contribution is 0.0714. The summed E-state index contributed by atoms with van der Waals surface area (Å²) < 4.78 is 15.3. The number of rotatable bonds is 10. The van der Waals surface area contributed by atoms with Crippen molar-refractivity contribution >= 4 is 0 Å². The summed E-state index contributed by atoms with van der Waals surface area (Å²) in [5, 5.41) is 7.15. The molecule has 1 heterocycles. The second-order valence-electron chi connectivity index (χ2n) is 4.48. The molecular formula is C12H23N3O3. The highest BCUT2D eigenvalue weighted by Gasteiger charge is 2.05. The van der Waals surface area contributed by atoms with E-state index >= 15 is 0 Å². The summed E-state index contributed by atoms with van der Waals surface area (Å²) in [6.07, 6.45) is 0.664. The molecule has 0 aliphatic heterocycles. The van der Waals surface area contributed by atoms with Crippen molar-refractivity contribution in [2.75, 3.05) is 33.5 Å². The minimum absolute atomic E-state index is 0.585. The van der Waals surface area contributed by atoms with Gasteiger partial charge in [-0.3, -0.25) is 0 Å². The van der Waals surface area contributed by atoms with Gasteiger partial charge in [0, 0.05) is 13.5 Å². The largest absolute Gasteiger partial charge is 0.382 e. The van der Waals surface area contributed by atoms with Crippen LogP contribution in [0.2, 0.25) is 0 Å². The summed E-state index contributed by atoms with van der Waals surface area (Å²) in [5.74, 6) is 1.93. The summed E-state index contributed by atoms with van der Waals surface area (Å²) in [7, 11) is 1.65. The maximum absolute atomic E-state index is 5.34. The van der Waals surface area contributed by atoms with E-state index in [1.807, 2.05) is 0 Å². The topological polar surface area (TPSA) is 69.4 Å². The molecule has 1 aromatic rings. The summed E-state index contributed by atoms with van der Waals surface area (Å²) in [4.78, 5) is 4.27. The molecule has 0 spiro atoms. The molecule has 1 N–H and O–H groups in total. The molecule has 0 unspecified atom stereocenters. The van der Waals surface area contributed by atoms with Crippen LogP contribution >= 0.6 is 0 Å². The van der Waals surface area contributed by atoms with E-state index in [9.17, 15) is 0 Å². The number of nitrogens with zero attached hydrogens (tertiary/aromatic N) is 2. The standard InChI is InChI=1S/C12H23N3O3/c1-10(2)8-13-9-12-14-11(15-18-12)4-5-17-7-6-16-3/h10,13H,4-9H2,1-3H3. The number of aromatic nitrogens is 2. The highest BCUT2D eigenvalue weighted by Crippen LogP contribution is 1.99. The molecule has 0 amide bonds. The van der Waals surface area contributed by atoms with Crippen molar-refractivity contribution < 1.29 is 14.0 Å². The zero-order chi connectivity index (χ0) is 13.2. The maximum Gasteiger partial charge on any atom is 0.240 e. The van der Waals surface area contributed by atoms with E-state index in [0.29, 0.717) is 50.4 Å². The first-order valence-corrected chi connectivity index (χ1v) is 6.31. The third-order valence-electron chi connectivity index (χ3n) is 2.24. The van der Waals surface area contributed by atoms with Crippen LogP contribution in [0.15, 0.2) is 4.52 Å². The number of ether oxygens (including phenoxy) is 2. The zero-order valence-corrected chi connectivity index (χ0v) is 11.4. The summed E-state index contributed by atoms with van der Waals surface area (Å²) >= 11 is 0. The Morgan fingerprint density at radius 1 is 1.28 bits per heavy atom. The molecule has 18 heavy (non-hydrogen) atoms. The lowest BCUT2D eigenvalue weighted by Crippen LogP contribution is -2.19. The SMILES string of the molecule is COCCOCCc1noc(CNCC(C)C)n1. The molecule has 0 aliphatic rings. The monoisotopic (exact) mass is 257 g/mol. The van der Waals surface area contributed by atoms with Crippen molar-refractivity contribution in [3.05, 3.63) is 11.7 Å². The molecular weight excluding hydrogens is 234 g/mol. The van der Waals surface area contributed by atoms with Crippen molar-refractivity contribution in [2.45, 2.75) is 26.8 Å². The van der Waals surface area contributed by atoms with E-state index in [4.69, 9.17) is 14.0 Å². The van der Waals surface area contributed by atoms with Gasteiger partial charge in [0.2, 0.25) is 5.89 Å². The molecule has 1 rings (SSSR count). The number of hydrogen-bond acceptors (Lipinski definition) is 6. The number of methoxy groups -OCH3 is 1. The minimum atomic E-state index is 0.585. The fourth-order valence-electron chi connectivity index (χ4n) is 1.34. The van der Waals surface area contributed by atoms with Gasteiger partial charge >= 0.3 is 0 Å². The zero-order valence-electron chi connectivity index (χ0n) is 11.4. The predicted molar refractivity (Wildman–Crippen MR) is 67.2 cm³/mol. The summed E-state index contributed by atoms with van der Waals surface area (Å²) in [6.45, 7) is 7.66. The fraction of sp³-hybridized carbons (Fsp3) is 0.833. The van der Waals surface area contributed by atoms with Crippen molar-refractivity contribution in [1.29, 1.82) is 0 Å². The predicted octanol–water partition coefficient (Wildman–Crippen LogP) is 1.02. The normalized spacial score (nSPS) is 11.3. The molecule has 0 radical (unpaired) electrons. The van der Waals surface area contributed by atoms with Gasteiger partial charge in [-0.15, -0.1) is 0 Å². The first-order chi connectivity index (χ1) is 8.72. The Bertz CT molecular complexity index is 315. The van der Waals surface area contributed by atoms with Crippen LogP contribution in [0, 0.1) is 5.92 Å². The van der Waals surface area contributed by atoms with Gasteiger partial charge in [-0.25, -0.2) is 0 Å². The summed E-state index contributed by atoms with van der Waals surface area (Å²) in [5.41, 5.74) is 0. The molecule has 0 aliphatic carbocycles. The third kappa shape index (κ3) is 6.68. The fourth-order valence-corrected chi connectivity index (χ4v) is 1.34. The molecule has 0 saturated heterocycles. The van der Waals surface area contributed by atoms with E-state index in [0.717, 1.165) is 6.54 Å². The Hall–Kier alpha value is -0.980. The van der Waals surface area contributed by atoms with Crippen molar-refractivity contribution in [1.82, 2.24) is 15.5 Å². The molecule has 1 aromatic heterocycles. The minimum Gasteiger partial charge on any atom is -0.382 e. The van der Waals surface area contributed by atoms with Gasteiger partial charge in [0.15, 0.2) is 5.82 Å². The molecule has 6 nitrogen and oxygen atoms in total. The Morgan fingerprint density at radius 3 is 2.83 bits per heavy atom. The van der Waals surface area contributed by atoms with Crippen LogP contribution in [-0.4, -0.2) is 43.6 Å². The van der Waals surface area contributed by atoms with Gasteiger partial charge in [0.25, 0.3) is 0 Å². The maximum atomic E-state index is 5.34. The lowest BCUT2D eigenvalue weighted by Gasteiger charge is -2.03. The molecule has 0 atom stereocenters. The Labute approximate surface area is 108 Å². The summed E-state index contributed by atoms with van der Waals surface area (Å²) in [6, 6.07) is 0. The van der Waals surface area contributed by atoms with Gasteiger partial charge in [0.1, 0.15) is 0 Å². The highest BCUT2D eigenvalue weighted by molar-refractivity contribution is 4.86. The van der Waals surface area contributed by atoms with Gasteiger partial charge in [0.05, 0.1) is 26.4 Å². The molecule has 6 heteroatoms. The van der Waals surface area contributed by atoms with E-state index in [2.05, 4.69) is 29.3 Å². The second-order valence-corrected chi connectivity index (χ2v) is 4.48. The van der Waals surface area contributed by atoms with Crippen molar-refractivity contribution in [2.24, 2.45) is 5.92 Å². The third-order valence-corrected chi connectivity index (χ3v) is 2.24. The van der Waals surface area contributed by atoms with Gasteiger partial charge in [-0.2, -0.15) is 4.98 Å². The van der Waals surface area contributed by atoms with E-state index in [1.54, 1.807) is 7.11 Å². The molecule has 0 fully saturated rings. The molecule has 104 valence electrons. The van der Waals surface area contributed by atoms with Crippen LogP contribution < -0.4 is 5.32 Å². The Balaban J connectivity index is 2.13. The van der Waals surface area contributed by atoms with Crippen LogP contribution in [-0.2, 0) is 22.4 Å².